The van der Waals surface area contributed by atoms with Gasteiger partial charge in [-0.15, -0.1) is 0 Å². The summed E-state index contributed by atoms with van der Waals surface area (Å²) in [7, 11) is 0. The van der Waals surface area contributed by atoms with E-state index in [1.807, 2.05) is 39.0 Å². The van der Waals surface area contributed by atoms with Gasteiger partial charge in [0.2, 0.25) is 0 Å². The first-order chi connectivity index (χ1) is 15.6. The van der Waals surface area contributed by atoms with Crippen molar-refractivity contribution in [3.05, 3.63) is 63.9 Å². The molecular formula is C25H29ClFNO5. The smallest absolute Gasteiger partial charge is 0.311 e. The maximum Gasteiger partial charge on any atom is 0.311 e. The Morgan fingerprint density at radius 2 is 2.09 bits per heavy atom. The number of hydrogen-bond donors (Lipinski definition) is 3. The third kappa shape index (κ3) is 5.17. The fraction of sp³-hybridized carbons (Fsp3) is 0.480. The first-order valence-electron chi connectivity index (χ1n) is 11.1. The molecule has 1 saturated carbocycles. The maximum atomic E-state index is 14.1. The van der Waals surface area contributed by atoms with Crippen LogP contribution in [0, 0.1) is 11.7 Å². The highest BCUT2D eigenvalue weighted by molar-refractivity contribution is 6.30. The minimum absolute atomic E-state index is 0.0906. The van der Waals surface area contributed by atoms with Crippen LogP contribution in [0.15, 0.2) is 36.4 Å². The third-order valence-corrected chi connectivity index (χ3v) is 6.60. The van der Waals surface area contributed by atoms with Crippen molar-refractivity contribution in [1.29, 1.82) is 0 Å². The molecule has 4 rings (SSSR count). The summed E-state index contributed by atoms with van der Waals surface area (Å²) in [6, 6.07) is 10.3. The minimum Gasteiger partial charge on any atom is -0.488 e. The van der Waals surface area contributed by atoms with E-state index < -0.39 is 23.5 Å². The Morgan fingerprint density at radius 3 is 2.79 bits per heavy atom. The first-order valence-corrected chi connectivity index (χ1v) is 11.5. The predicted octanol–water partition coefficient (Wildman–Crippen LogP) is 4.09. The molecule has 1 heterocycles. The summed E-state index contributed by atoms with van der Waals surface area (Å²) in [4.78, 5) is 11.3. The molecule has 1 aliphatic heterocycles. The summed E-state index contributed by atoms with van der Waals surface area (Å²) in [6.07, 6.45) is -0.947. The SMILES string of the molecule is C[C@@H](OCC(O)CNC(C)(C)Cc1ccc(Cl)cc1F)c1cccc2c1O[C@H]1[C@H](C(=O)O)[C@@H]21. The van der Waals surface area contributed by atoms with Crippen LogP contribution in [-0.2, 0) is 16.0 Å². The zero-order chi connectivity index (χ0) is 23.9. The van der Waals surface area contributed by atoms with Crippen LogP contribution >= 0.6 is 11.6 Å². The number of aliphatic carboxylic acids is 1. The number of aliphatic hydroxyl groups excluding tert-OH is 1. The van der Waals surface area contributed by atoms with Gasteiger partial charge in [-0.1, -0.05) is 35.9 Å². The second kappa shape index (κ2) is 9.22. The van der Waals surface area contributed by atoms with Gasteiger partial charge < -0.3 is 25.0 Å². The van der Waals surface area contributed by atoms with Crippen molar-refractivity contribution < 1.29 is 28.9 Å². The number of carboxylic acid groups (broad SMARTS) is 1. The molecule has 6 nitrogen and oxygen atoms in total. The molecular weight excluding hydrogens is 449 g/mol. The van der Waals surface area contributed by atoms with E-state index in [1.54, 1.807) is 12.1 Å². The van der Waals surface area contributed by atoms with Crippen molar-refractivity contribution in [2.45, 2.75) is 57.0 Å². The van der Waals surface area contributed by atoms with Crippen molar-refractivity contribution in [2.24, 2.45) is 5.92 Å². The van der Waals surface area contributed by atoms with Gasteiger partial charge >= 0.3 is 5.97 Å². The molecule has 2 aromatic carbocycles. The molecule has 1 fully saturated rings. The van der Waals surface area contributed by atoms with Gasteiger partial charge in [0.25, 0.3) is 0 Å². The molecule has 2 aliphatic rings. The zero-order valence-corrected chi connectivity index (χ0v) is 19.6. The fourth-order valence-corrected chi connectivity index (χ4v) is 4.68. The molecule has 3 N–H and O–H groups in total. The topological polar surface area (TPSA) is 88.0 Å². The highest BCUT2D eigenvalue weighted by atomic mass is 35.5. The molecule has 5 atom stereocenters. The van der Waals surface area contributed by atoms with Crippen LogP contribution in [0.3, 0.4) is 0 Å². The van der Waals surface area contributed by atoms with Crippen LogP contribution in [0.4, 0.5) is 4.39 Å². The molecule has 2 aromatic rings. The van der Waals surface area contributed by atoms with Gasteiger partial charge in [0.1, 0.15) is 23.6 Å². The quantitative estimate of drug-likeness (QED) is 0.478. The number of rotatable bonds is 10. The molecule has 0 amide bonds. The van der Waals surface area contributed by atoms with Crippen molar-refractivity contribution in [1.82, 2.24) is 5.32 Å². The number of hydrogen-bond acceptors (Lipinski definition) is 5. The van der Waals surface area contributed by atoms with Crippen molar-refractivity contribution in [3.8, 4) is 5.75 Å². The van der Waals surface area contributed by atoms with Gasteiger partial charge in [0, 0.05) is 34.2 Å². The van der Waals surface area contributed by atoms with Gasteiger partial charge in [-0.25, -0.2) is 4.39 Å². The highest BCUT2D eigenvalue weighted by Crippen LogP contribution is 2.59. The van der Waals surface area contributed by atoms with Gasteiger partial charge in [-0.3, -0.25) is 4.79 Å². The van der Waals surface area contributed by atoms with Crippen LogP contribution in [0.2, 0.25) is 5.02 Å². The lowest BCUT2D eigenvalue weighted by molar-refractivity contribution is -0.139. The van der Waals surface area contributed by atoms with Crippen LogP contribution in [-0.4, -0.2) is 47.1 Å². The van der Waals surface area contributed by atoms with Crippen LogP contribution in [0.5, 0.6) is 5.75 Å². The summed E-state index contributed by atoms with van der Waals surface area (Å²) in [5.41, 5.74) is 1.87. The van der Waals surface area contributed by atoms with E-state index in [0.29, 0.717) is 22.8 Å². The summed E-state index contributed by atoms with van der Waals surface area (Å²) in [5, 5.41) is 23.3. The number of aliphatic hydroxyl groups is 1. The van der Waals surface area contributed by atoms with E-state index in [1.165, 1.54) is 6.07 Å². The van der Waals surface area contributed by atoms with Crippen molar-refractivity contribution >= 4 is 17.6 Å². The Hall–Kier alpha value is -2.19. The van der Waals surface area contributed by atoms with Crippen molar-refractivity contribution in [3.63, 3.8) is 0 Å². The molecule has 0 spiro atoms. The summed E-state index contributed by atoms with van der Waals surface area (Å²) in [5.74, 6) is -1.03. The second-order valence-corrected chi connectivity index (χ2v) is 9.98. The van der Waals surface area contributed by atoms with Crippen LogP contribution < -0.4 is 10.1 Å². The Kier molecular flexibility index (Phi) is 6.69. The summed E-state index contributed by atoms with van der Waals surface area (Å²) < 4.78 is 25.9. The fourth-order valence-electron chi connectivity index (χ4n) is 4.52. The summed E-state index contributed by atoms with van der Waals surface area (Å²) >= 11 is 5.82. The van der Waals surface area contributed by atoms with E-state index in [0.717, 1.165) is 11.1 Å². The molecule has 1 unspecified atom stereocenters. The average Bonchev–Trinajstić information content (AvgIpc) is 3.35. The molecule has 0 saturated heterocycles. The van der Waals surface area contributed by atoms with Crippen LogP contribution in [0.1, 0.15) is 49.5 Å². The largest absolute Gasteiger partial charge is 0.488 e. The van der Waals surface area contributed by atoms with Gasteiger partial charge in [-0.05, 0) is 44.9 Å². The van der Waals surface area contributed by atoms with Crippen molar-refractivity contribution in [2.75, 3.05) is 13.2 Å². The number of ether oxygens (including phenoxy) is 2. The molecule has 0 radical (unpaired) electrons. The lowest BCUT2D eigenvalue weighted by Crippen LogP contribution is -2.46. The number of benzene rings is 2. The van der Waals surface area contributed by atoms with E-state index in [4.69, 9.17) is 21.1 Å². The van der Waals surface area contributed by atoms with E-state index in [9.17, 15) is 19.4 Å². The number of halogens is 2. The number of nitrogens with one attached hydrogen (secondary N) is 1. The lowest BCUT2D eigenvalue weighted by atomic mass is 9.94. The molecule has 0 bridgehead atoms. The van der Waals surface area contributed by atoms with Crippen LogP contribution in [0.25, 0.3) is 0 Å². The standard InChI is InChI=1S/C25H29ClFNO5/c1-13(17-5-4-6-18-20-21(24(30)31)23(20)33-22(17)18)32-12-16(29)11-28-25(2,3)10-14-7-8-15(26)9-19(14)27/h4-9,13,16,20-21,23,28-29H,10-12H2,1-3H3,(H,30,31)/t13-,16?,20-,21-,23-/m1/s1. The Morgan fingerprint density at radius 1 is 1.33 bits per heavy atom. The van der Waals surface area contributed by atoms with Gasteiger partial charge in [-0.2, -0.15) is 0 Å². The molecule has 33 heavy (non-hydrogen) atoms. The van der Waals surface area contributed by atoms with E-state index in [2.05, 4.69) is 5.32 Å². The number of carbonyl (C=O) groups is 1. The maximum absolute atomic E-state index is 14.1. The van der Waals surface area contributed by atoms with Gasteiger partial charge in [0.05, 0.1) is 18.8 Å². The second-order valence-electron chi connectivity index (χ2n) is 9.54. The number of fused-ring (bicyclic) bond motifs is 3. The monoisotopic (exact) mass is 477 g/mol. The van der Waals surface area contributed by atoms with E-state index in [-0.39, 0.29) is 37.1 Å². The first kappa shape index (κ1) is 24.0. The number of carboxylic acids is 1. The zero-order valence-electron chi connectivity index (χ0n) is 18.8. The lowest BCUT2D eigenvalue weighted by Gasteiger charge is -2.28. The highest BCUT2D eigenvalue weighted by Gasteiger charge is 2.63. The Bertz CT molecular complexity index is 1050. The average molecular weight is 478 g/mol. The summed E-state index contributed by atoms with van der Waals surface area (Å²) in [6.45, 7) is 6.15. The molecule has 8 heteroatoms. The Labute approximate surface area is 197 Å². The molecule has 178 valence electrons. The van der Waals surface area contributed by atoms with E-state index >= 15 is 0 Å². The Balaban J connectivity index is 1.28. The normalized spacial score (nSPS) is 22.8. The molecule has 0 aromatic heterocycles. The van der Waals surface area contributed by atoms with Gasteiger partial charge in [0.15, 0.2) is 0 Å². The molecule has 1 aliphatic carbocycles. The number of para-hydroxylation sites is 1. The number of β-amino-alcohol motifs (C(OH)–C–C–N with tert-alkyl or cyclic N) is 1. The minimum atomic E-state index is -0.831. The predicted molar refractivity (Wildman–Crippen MR) is 122 cm³/mol. The third-order valence-electron chi connectivity index (χ3n) is 6.37.